The summed E-state index contributed by atoms with van der Waals surface area (Å²) in [4.78, 5) is 13.1. The molecular formula is C24H24Cl2N2O4S. The number of rotatable bonds is 10. The molecule has 33 heavy (non-hydrogen) atoms. The van der Waals surface area contributed by atoms with Crippen molar-refractivity contribution < 1.29 is 17.9 Å². The van der Waals surface area contributed by atoms with Crippen molar-refractivity contribution in [3.63, 3.8) is 0 Å². The highest BCUT2D eigenvalue weighted by Gasteiger charge is 2.26. The molecule has 174 valence electrons. The van der Waals surface area contributed by atoms with Crippen LogP contribution in [0.1, 0.15) is 18.1 Å². The van der Waals surface area contributed by atoms with E-state index >= 15 is 0 Å². The van der Waals surface area contributed by atoms with Gasteiger partial charge in [-0.1, -0.05) is 59.6 Å². The van der Waals surface area contributed by atoms with E-state index in [1.165, 1.54) is 12.1 Å². The standard InChI is InChI=1S/C24H24Cl2N2O4S/c1-2-32-20-10-12-21(13-11-20)33(30,31)28-23(14-17-6-4-3-5-7-17)24(29)27-16-18-8-9-19(25)15-22(18)26/h3-13,15,23,28H,2,14,16H2,1H3,(H,27,29)/t23-/m0/s1. The summed E-state index contributed by atoms with van der Waals surface area (Å²) in [5.74, 6) is 0.0919. The number of halogens is 2. The summed E-state index contributed by atoms with van der Waals surface area (Å²) in [6.07, 6.45) is 0.178. The van der Waals surface area contributed by atoms with Gasteiger partial charge in [0, 0.05) is 16.6 Å². The van der Waals surface area contributed by atoms with Gasteiger partial charge in [0.05, 0.1) is 11.5 Å². The highest BCUT2D eigenvalue weighted by atomic mass is 35.5. The van der Waals surface area contributed by atoms with Crippen molar-refractivity contribution in [2.45, 2.75) is 30.8 Å². The maximum absolute atomic E-state index is 13.0. The monoisotopic (exact) mass is 506 g/mol. The summed E-state index contributed by atoms with van der Waals surface area (Å²) in [5, 5.41) is 3.67. The number of hydrogen-bond acceptors (Lipinski definition) is 4. The van der Waals surface area contributed by atoms with E-state index in [1.807, 2.05) is 37.3 Å². The van der Waals surface area contributed by atoms with Crippen LogP contribution in [0.25, 0.3) is 0 Å². The second-order valence-corrected chi connectivity index (χ2v) is 9.78. The summed E-state index contributed by atoms with van der Waals surface area (Å²) < 4.78 is 33.9. The SMILES string of the molecule is CCOc1ccc(S(=O)(=O)N[C@@H](Cc2ccccc2)C(=O)NCc2ccc(Cl)cc2Cl)cc1. The zero-order valence-electron chi connectivity index (χ0n) is 17.9. The van der Waals surface area contributed by atoms with Gasteiger partial charge in [-0.3, -0.25) is 4.79 Å². The van der Waals surface area contributed by atoms with E-state index in [4.69, 9.17) is 27.9 Å². The van der Waals surface area contributed by atoms with Crippen LogP contribution in [-0.4, -0.2) is 27.0 Å². The molecule has 0 saturated heterocycles. The Hall–Kier alpha value is -2.58. The molecule has 0 radical (unpaired) electrons. The minimum absolute atomic E-state index is 0.0394. The second kappa shape index (κ2) is 11.5. The molecule has 0 unspecified atom stereocenters. The van der Waals surface area contributed by atoms with Crippen molar-refractivity contribution in [1.29, 1.82) is 0 Å². The average Bonchev–Trinajstić information content (AvgIpc) is 2.79. The lowest BCUT2D eigenvalue weighted by molar-refractivity contribution is -0.122. The van der Waals surface area contributed by atoms with Crippen LogP contribution in [0.3, 0.4) is 0 Å². The van der Waals surface area contributed by atoms with Gasteiger partial charge in [0.2, 0.25) is 15.9 Å². The molecule has 6 nitrogen and oxygen atoms in total. The lowest BCUT2D eigenvalue weighted by atomic mass is 10.1. The number of carbonyl (C=O) groups excluding carboxylic acids is 1. The number of carbonyl (C=O) groups is 1. The van der Waals surface area contributed by atoms with Gasteiger partial charge in [-0.05, 0) is 60.9 Å². The molecule has 1 atom stereocenters. The van der Waals surface area contributed by atoms with Crippen LogP contribution < -0.4 is 14.8 Å². The molecule has 3 rings (SSSR count). The molecule has 0 fully saturated rings. The van der Waals surface area contributed by atoms with E-state index in [0.717, 1.165) is 5.56 Å². The molecule has 3 aromatic rings. The van der Waals surface area contributed by atoms with Crippen LogP contribution in [-0.2, 0) is 27.8 Å². The molecule has 0 aliphatic heterocycles. The van der Waals surface area contributed by atoms with E-state index in [0.29, 0.717) is 28.0 Å². The molecule has 1 amide bonds. The van der Waals surface area contributed by atoms with Crippen LogP contribution in [0, 0.1) is 0 Å². The Balaban J connectivity index is 1.78. The average molecular weight is 507 g/mol. The number of benzene rings is 3. The Bertz CT molecular complexity index is 1190. The van der Waals surface area contributed by atoms with E-state index in [9.17, 15) is 13.2 Å². The molecule has 3 aromatic carbocycles. The molecule has 0 saturated carbocycles. The highest BCUT2D eigenvalue weighted by Crippen LogP contribution is 2.21. The molecule has 9 heteroatoms. The van der Waals surface area contributed by atoms with Gasteiger partial charge in [0.1, 0.15) is 11.8 Å². The third kappa shape index (κ3) is 7.20. The van der Waals surface area contributed by atoms with Crippen molar-refractivity contribution >= 4 is 39.1 Å². The van der Waals surface area contributed by atoms with Gasteiger partial charge >= 0.3 is 0 Å². The number of hydrogen-bond donors (Lipinski definition) is 2. The third-order valence-corrected chi connectivity index (χ3v) is 6.88. The Morgan fingerprint density at radius 3 is 2.33 bits per heavy atom. The molecule has 2 N–H and O–H groups in total. The van der Waals surface area contributed by atoms with Gasteiger partial charge in [-0.2, -0.15) is 4.72 Å². The summed E-state index contributed by atoms with van der Waals surface area (Å²) >= 11 is 12.1. The predicted molar refractivity (Wildman–Crippen MR) is 130 cm³/mol. The van der Waals surface area contributed by atoms with Crippen LogP contribution in [0.5, 0.6) is 5.75 Å². The molecule has 0 aliphatic carbocycles. The van der Waals surface area contributed by atoms with Crippen molar-refractivity contribution in [1.82, 2.24) is 10.0 Å². The lowest BCUT2D eigenvalue weighted by Crippen LogP contribution is -2.47. The van der Waals surface area contributed by atoms with Crippen molar-refractivity contribution in [3.8, 4) is 5.75 Å². The first-order valence-electron chi connectivity index (χ1n) is 10.3. The fourth-order valence-electron chi connectivity index (χ4n) is 3.15. The normalized spacial score (nSPS) is 12.2. The van der Waals surface area contributed by atoms with Crippen molar-refractivity contribution in [2.24, 2.45) is 0 Å². The van der Waals surface area contributed by atoms with Crippen LogP contribution in [0.2, 0.25) is 10.0 Å². The predicted octanol–water partition coefficient (Wildman–Crippen LogP) is 4.60. The molecular weight excluding hydrogens is 483 g/mol. The number of sulfonamides is 1. The quantitative estimate of drug-likeness (QED) is 0.420. The first kappa shape index (κ1) is 25.1. The van der Waals surface area contributed by atoms with Gasteiger partial charge in [-0.25, -0.2) is 8.42 Å². The van der Waals surface area contributed by atoms with Crippen LogP contribution in [0.4, 0.5) is 0 Å². The van der Waals surface area contributed by atoms with Crippen molar-refractivity contribution in [3.05, 3.63) is 94.0 Å². The number of nitrogens with one attached hydrogen (secondary N) is 2. The summed E-state index contributed by atoms with van der Waals surface area (Å²) in [5.41, 5.74) is 1.49. The zero-order chi connectivity index (χ0) is 23.8. The van der Waals surface area contributed by atoms with Crippen molar-refractivity contribution in [2.75, 3.05) is 6.61 Å². The maximum Gasteiger partial charge on any atom is 0.241 e. The topological polar surface area (TPSA) is 84.5 Å². The van der Waals surface area contributed by atoms with Gasteiger partial charge < -0.3 is 10.1 Å². The Morgan fingerprint density at radius 1 is 1.00 bits per heavy atom. The maximum atomic E-state index is 13.0. The molecule has 0 heterocycles. The Kier molecular flexibility index (Phi) is 8.74. The Labute approximate surface area is 203 Å². The summed E-state index contributed by atoms with van der Waals surface area (Å²) in [7, 11) is -3.96. The molecule has 0 bridgehead atoms. The Morgan fingerprint density at radius 2 is 1.70 bits per heavy atom. The summed E-state index contributed by atoms with van der Waals surface area (Å²) in [6, 6.07) is 19.2. The van der Waals surface area contributed by atoms with Gasteiger partial charge in [0.15, 0.2) is 0 Å². The lowest BCUT2D eigenvalue weighted by Gasteiger charge is -2.19. The fraction of sp³-hybridized carbons (Fsp3) is 0.208. The number of ether oxygens (including phenoxy) is 1. The molecule has 0 aromatic heterocycles. The number of amides is 1. The molecule has 0 spiro atoms. The van der Waals surface area contributed by atoms with E-state index in [1.54, 1.807) is 30.3 Å². The van der Waals surface area contributed by atoms with E-state index in [2.05, 4.69) is 10.0 Å². The minimum Gasteiger partial charge on any atom is -0.494 e. The first-order valence-corrected chi connectivity index (χ1v) is 12.5. The minimum atomic E-state index is -3.96. The summed E-state index contributed by atoms with van der Waals surface area (Å²) in [6.45, 7) is 2.45. The fourth-order valence-corrected chi connectivity index (χ4v) is 4.82. The first-order chi connectivity index (χ1) is 15.8. The van der Waals surface area contributed by atoms with Gasteiger partial charge in [-0.15, -0.1) is 0 Å². The molecule has 0 aliphatic rings. The van der Waals surface area contributed by atoms with E-state index in [-0.39, 0.29) is 17.9 Å². The van der Waals surface area contributed by atoms with E-state index < -0.39 is 22.0 Å². The largest absolute Gasteiger partial charge is 0.494 e. The zero-order valence-corrected chi connectivity index (χ0v) is 20.3. The highest BCUT2D eigenvalue weighted by molar-refractivity contribution is 7.89. The van der Waals surface area contributed by atoms with Gasteiger partial charge in [0.25, 0.3) is 0 Å². The van der Waals surface area contributed by atoms with Crippen LogP contribution >= 0.6 is 23.2 Å². The third-order valence-electron chi connectivity index (χ3n) is 4.81. The van der Waals surface area contributed by atoms with Crippen LogP contribution in [0.15, 0.2) is 77.7 Å². The second-order valence-electron chi connectivity index (χ2n) is 7.22. The smallest absolute Gasteiger partial charge is 0.241 e.